The molecule has 0 aliphatic heterocycles. The number of rotatable bonds is 5. The summed E-state index contributed by atoms with van der Waals surface area (Å²) < 4.78 is 42.3. The number of nitrogens with zero attached hydrogens (tertiary/aromatic N) is 4. The highest BCUT2D eigenvalue weighted by molar-refractivity contribution is 6.32. The number of aryl methyl sites for hydroxylation is 3. The van der Waals surface area contributed by atoms with Gasteiger partial charge in [-0.3, -0.25) is 0 Å². The lowest BCUT2D eigenvalue weighted by molar-refractivity contribution is -0.137. The van der Waals surface area contributed by atoms with E-state index in [1.54, 1.807) is 0 Å². The maximum atomic E-state index is 12.9. The van der Waals surface area contributed by atoms with Crippen LogP contribution in [0.4, 0.5) is 13.2 Å². The van der Waals surface area contributed by atoms with E-state index >= 15 is 0 Å². The third-order valence-corrected chi connectivity index (χ3v) is 4.68. The van der Waals surface area contributed by atoms with E-state index in [0.29, 0.717) is 11.3 Å². The number of halogens is 4. The number of hydrogen-bond donors (Lipinski definition) is 0. The third kappa shape index (κ3) is 3.20. The summed E-state index contributed by atoms with van der Waals surface area (Å²) in [4.78, 5) is 4.68. The minimum Gasteiger partial charge on any atom is -0.325 e. The van der Waals surface area contributed by atoms with Gasteiger partial charge in [0.05, 0.1) is 22.0 Å². The second-order valence-electron chi connectivity index (χ2n) is 6.22. The minimum atomic E-state index is -4.44. The molecule has 8 heteroatoms. The molecular weight excluding hydrogens is 365 g/mol. The summed E-state index contributed by atoms with van der Waals surface area (Å²) in [5.41, 5.74) is 1.91. The van der Waals surface area contributed by atoms with Gasteiger partial charge in [0, 0.05) is 13.0 Å². The van der Waals surface area contributed by atoms with Crippen LogP contribution >= 0.6 is 11.6 Å². The van der Waals surface area contributed by atoms with Gasteiger partial charge in [-0.15, -0.1) is 0 Å². The Kier molecular flexibility index (Phi) is 5.01. The van der Waals surface area contributed by atoms with Gasteiger partial charge in [0.1, 0.15) is 11.3 Å². The standard InChI is InChI=1S/C18H20ClF3N4/c1-4-6-9-25-15(5-2)23-17-16(25)11(3)24-26(17)14-8-7-12(10-13(14)19)18(20,21)22/h7-8,10H,4-6,9H2,1-3H3. The molecular formula is C18H20ClF3N4. The van der Waals surface area contributed by atoms with Crippen LogP contribution in [0.2, 0.25) is 5.02 Å². The first kappa shape index (κ1) is 18.8. The van der Waals surface area contributed by atoms with Crippen molar-refractivity contribution < 1.29 is 13.2 Å². The second kappa shape index (κ2) is 6.95. The predicted octanol–water partition coefficient (Wildman–Crippen LogP) is 5.57. The average molecular weight is 385 g/mol. The zero-order chi connectivity index (χ0) is 19.1. The van der Waals surface area contributed by atoms with Gasteiger partial charge in [0.15, 0.2) is 5.65 Å². The minimum absolute atomic E-state index is 0.00891. The first-order valence-electron chi connectivity index (χ1n) is 8.59. The van der Waals surface area contributed by atoms with Crippen LogP contribution in [0.15, 0.2) is 18.2 Å². The number of benzene rings is 1. The second-order valence-corrected chi connectivity index (χ2v) is 6.63. The van der Waals surface area contributed by atoms with Crippen molar-refractivity contribution in [2.24, 2.45) is 0 Å². The van der Waals surface area contributed by atoms with E-state index in [1.165, 1.54) is 10.7 Å². The Morgan fingerprint density at radius 2 is 1.92 bits per heavy atom. The normalized spacial score (nSPS) is 12.3. The number of alkyl halides is 3. The van der Waals surface area contributed by atoms with Crippen molar-refractivity contribution in [3.63, 3.8) is 0 Å². The first-order chi connectivity index (χ1) is 12.3. The van der Waals surface area contributed by atoms with E-state index < -0.39 is 11.7 Å². The van der Waals surface area contributed by atoms with Crippen molar-refractivity contribution in [3.05, 3.63) is 40.3 Å². The molecule has 0 unspecified atom stereocenters. The van der Waals surface area contributed by atoms with Gasteiger partial charge in [-0.1, -0.05) is 31.9 Å². The summed E-state index contributed by atoms with van der Waals surface area (Å²) in [6.07, 6.45) is -1.60. The summed E-state index contributed by atoms with van der Waals surface area (Å²) >= 11 is 6.15. The molecule has 0 saturated heterocycles. The fourth-order valence-corrected chi connectivity index (χ4v) is 3.35. The van der Waals surface area contributed by atoms with Crippen LogP contribution in [0, 0.1) is 6.92 Å². The van der Waals surface area contributed by atoms with E-state index in [9.17, 15) is 13.2 Å². The molecule has 1 aromatic carbocycles. The predicted molar refractivity (Wildman–Crippen MR) is 95.9 cm³/mol. The molecule has 140 valence electrons. The summed E-state index contributed by atoms with van der Waals surface area (Å²) in [7, 11) is 0. The Balaban J connectivity index is 2.16. The van der Waals surface area contributed by atoms with Crippen LogP contribution in [0.3, 0.4) is 0 Å². The fourth-order valence-electron chi connectivity index (χ4n) is 3.08. The molecule has 4 nitrogen and oxygen atoms in total. The van der Waals surface area contributed by atoms with E-state index in [0.717, 1.165) is 55.0 Å². The van der Waals surface area contributed by atoms with Crippen molar-refractivity contribution in [1.29, 1.82) is 0 Å². The topological polar surface area (TPSA) is 35.6 Å². The smallest absolute Gasteiger partial charge is 0.325 e. The zero-order valence-corrected chi connectivity index (χ0v) is 15.6. The lowest BCUT2D eigenvalue weighted by Crippen LogP contribution is -2.06. The lowest BCUT2D eigenvalue weighted by Gasteiger charge is -2.10. The largest absolute Gasteiger partial charge is 0.416 e. The number of fused-ring (bicyclic) bond motifs is 1. The molecule has 0 saturated carbocycles. The molecule has 0 bridgehead atoms. The molecule has 2 aromatic heterocycles. The van der Waals surface area contributed by atoms with Crippen molar-refractivity contribution in [2.45, 2.75) is 52.8 Å². The highest BCUT2D eigenvalue weighted by Crippen LogP contribution is 2.34. The Morgan fingerprint density at radius 3 is 2.50 bits per heavy atom. The Hall–Kier alpha value is -2.02. The van der Waals surface area contributed by atoms with Crippen LogP contribution in [0.1, 0.15) is 43.8 Å². The van der Waals surface area contributed by atoms with Crippen molar-refractivity contribution >= 4 is 22.8 Å². The number of hydrogen-bond acceptors (Lipinski definition) is 2. The average Bonchev–Trinajstić information content (AvgIpc) is 3.09. The van der Waals surface area contributed by atoms with E-state index in [1.807, 2.05) is 13.8 Å². The molecule has 2 heterocycles. The van der Waals surface area contributed by atoms with Crippen LogP contribution in [0.5, 0.6) is 0 Å². The molecule has 0 N–H and O–H groups in total. The van der Waals surface area contributed by atoms with Gasteiger partial charge in [-0.05, 0) is 31.5 Å². The number of aromatic nitrogens is 4. The summed E-state index contributed by atoms with van der Waals surface area (Å²) in [6, 6.07) is 3.28. The molecule has 0 radical (unpaired) electrons. The SMILES string of the molecule is CCCCn1c(CC)nc2c1c(C)nn2-c1ccc(C(F)(F)F)cc1Cl. The Morgan fingerprint density at radius 1 is 1.19 bits per heavy atom. The number of imidazole rings is 1. The van der Waals surface area contributed by atoms with Gasteiger partial charge in [-0.25, -0.2) is 9.67 Å². The van der Waals surface area contributed by atoms with Gasteiger partial charge in [0.2, 0.25) is 0 Å². The van der Waals surface area contributed by atoms with Crippen molar-refractivity contribution in [3.8, 4) is 5.69 Å². The molecule has 26 heavy (non-hydrogen) atoms. The van der Waals surface area contributed by atoms with Gasteiger partial charge in [-0.2, -0.15) is 18.3 Å². The molecule has 0 atom stereocenters. The van der Waals surface area contributed by atoms with E-state index in [4.69, 9.17) is 11.6 Å². The van der Waals surface area contributed by atoms with Crippen molar-refractivity contribution in [2.75, 3.05) is 0 Å². The maximum Gasteiger partial charge on any atom is 0.416 e. The molecule has 0 spiro atoms. The molecule has 0 aliphatic rings. The quantitative estimate of drug-likeness (QED) is 0.576. The molecule has 3 aromatic rings. The number of unbranched alkanes of at least 4 members (excludes halogenated alkanes) is 1. The van der Waals surface area contributed by atoms with Gasteiger partial charge in [0.25, 0.3) is 0 Å². The fraction of sp³-hybridized carbons (Fsp3) is 0.444. The monoisotopic (exact) mass is 384 g/mol. The van der Waals surface area contributed by atoms with E-state index in [2.05, 4.69) is 21.6 Å². The van der Waals surface area contributed by atoms with Crippen LogP contribution in [0.25, 0.3) is 16.9 Å². The first-order valence-corrected chi connectivity index (χ1v) is 8.97. The summed E-state index contributed by atoms with van der Waals surface area (Å²) in [6.45, 7) is 6.86. The van der Waals surface area contributed by atoms with Gasteiger partial charge >= 0.3 is 6.18 Å². The Labute approximate surface area is 154 Å². The highest BCUT2D eigenvalue weighted by Gasteiger charge is 2.31. The van der Waals surface area contributed by atoms with Crippen molar-refractivity contribution in [1.82, 2.24) is 19.3 Å². The zero-order valence-electron chi connectivity index (χ0n) is 14.9. The van der Waals surface area contributed by atoms with E-state index in [-0.39, 0.29) is 5.02 Å². The summed E-state index contributed by atoms with van der Waals surface area (Å²) in [5.74, 6) is 0.936. The van der Waals surface area contributed by atoms with Gasteiger partial charge < -0.3 is 4.57 Å². The molecule has 3 rings (SSSR count). The molecule has 0 aliphatic carbocycles. The Bertz CT molecular complexity index is 940. The van der Waals surface area contributed by atoms with Crippen LogP contribution < -0.4 is 0 Å². The molecule has 0 amide bonds. The van der Waals surface area contributed by atoms with Crippen LogP contribution in [-0.2, 0) is 19.1 Å². The third-order valence-electron chi connectivity index (χ3n) is 4.38. The summed E-state index contributed by atoms with van der Waals surface area (Å²) in [5, 5.41) is 4.48. The van der Waals surface area contributed by atoms with Crippen LogP contribution in [-0.4, -0.2) is 19.3 Å². The highest BCUT2D eigenvalue weighted by atomic mass is 35.5. The maximum absolute atomic E-state index is 12.9. The lowest BCUT2D eigenvalue weighted by atomic mass is 10.2. The molecule has 0 fully saturated rings.